The van der Waals surface area contributed by atoms with E-state index in [4.69, 9.17) is 27.9 Å². The Balaban J connectivity index is 2.15. The summed E-state index contributed by atoms with van der Waals surface area (Å²) in [4.78, 5) is 29.5. The Morgan fingerprint density at radius 3 is 2.34 bits per heavy atom. The molecule has 1 aromatic heterocycles. The Bertz CT molecular complexity index is 868. The molecule has 1 heterocycles. The molecule has 0 radical (unpaired) electrons. The lowest BCUT2D eigenvalue weighted by Crippen LogP contribution is -2.45. The van der Waals surface area contributed by atoms with E-state index in [2.05, 4.69) is 12.2 Å². The van der Waals surface area contributed by atoms with E-state index in [0.717, 1.165) is 18.5 Å². The van der Waals surface area contributed by atoms with Crippen LogP contribution in [0, 0.1) is 0 Å². The molecular weight excluding hydrogens is 451 g/mol. The van der Waals surface area contributed by atoms with Crippen LogP contribution >= 0.6 is 23.2 Å². The number of ether oxygens (including phenoxy) is 1. The van der Waals surface area contributed by atoms with Crippen molar-refractivity contribution in [3.05, 3.63) is 52.3 Å². The number of hydrogen-bond donors (Lipinski definition) is 1. The number of carbonyl (C=O) groups excluding carboxylic acids is 2. The molecular formula is C23H32Cl2N4O3. The fraction of sp³-hybridized carbons (Fsp3) is 0.478. The molecule has 0 saturated carbocycles. The van der Waals surface area contributed by atoms with Crippen molar-refractivity contribution in [1.29, 1.82) is 0 Å². The maximum atomic E-state index is 13.2. The number of carbonyl (C=O) groups is 2. The number of amides is 3. The lowest BCUT2D eigenvalue weighted by atomic mass is 10.2. The molecule has 0 spiro atoms. The van der Waals surface area contributed by atoms with Gasteiger partial charge in [0.2, 0.25) is 5.91 Å². The average molecular weight is 483 g/mol. The summed E-state index contributed by atoms with van der Waals surface area (Å²) in [7, 11) is 3.56. The predicted molar refractivity (Wildman–Crippen MR) is 129 cm³/mol. The topological polar surface area (TPSA) is 66.8 Å². The molecule has 0 atom stereocenters. The molecule has 3 amide bonds. The summed E-state index contributed by atoms with van der Waals surface area (Å²) >= 11 is 12.4. The van der Waals surface area contributed by atoms with Crippen LogP contribution in [0.2, 0.25) is 10.0 Å². The molecule has 7 nitrogen and oxygen atoms in total. The second-order valence-electron chi connectivity index (χ2n) is 7.57. The first-order chi connectivity index (χ1) is 15.4. The first-order valence-electron chi connectivity index (χ1n) is 10.7. The van der Waals surface area contributed by atoms with Gasteiger partial charge >= 0.3 is 6.03 Å². The summed E-state index contributed by atoms with van der Waals surface area (Å²) in [5, 5.41) is 3.43. The molecule has 176 valence electrons. The van der Waals surface area contributed by atoms with Crippen molar-refractivity contribution in [3.8, 4) is 0 Å². The van der Waals surface area contributed by atoms with Gasteiger partial charge in [-0.05, 0) is 37.1 Å². The lowest BCUT2D eigenvalue weighted by Gasteiger charge is -2.28. The first kappa shape index (κ1) is 26.0. The number of rotatable bonds is 12. The van der Waals surface area contributed by atoms with Crippen LogP contribution in [0.4, 0.5) is 10.5 Å². The maximum absolute atomic E-state index is 13.2. The zero-order chi connectivity index (χ0) is 23.5. The number of hydrogen-bond acceptors (Lipinski definition) is 3. The minimum atomic E-state index is -0.432. The molecule has 32 heavy (non-hydrogen) atoms. The molecule has 0 saturated heterocycles. The molecule has 1 N–H and O–H groups in total. The van der Waals surface area contributed by atoms with Gasteiger partial charge in [-0.15, -0.1) is 0 Å². The van der Waals surface area contributed by atoms with Crippen LogP contribution in [0.1, 0.15) is 31.9 Å². The number of aromatic nitrogens is 1. The van der Waals surface area contributed by atoms with E-state index < -0.39 is 6.03 Å². The van der Waals surface area contributed by atoms with Crippen LogP contribution in [-0.4, -0.2) is 59.7 Å². The normalized spacial score (nSPS) is 10.8. The Morgan fingerprint density at radius 1 is 1.06 bits per heavy atom. The number of halogens is 2. The van der Waals surface area contributed by atoms with E-state index in [1.165, 1.54) is 4.90 Å². The molecule has 0 aliphatic carbocycles. The number of nitrogens with one attached hydrogen (secondary N) is 1. The van der Waals surface area contributed by atoms with Crippen LogP contribution in [0.3, 0.4) is 0 Å². The number of anilines is 1. The predicted octanol–water partition coefficient (Wildman–Crippen LogP) is 5.03. The van der Waals surface area contributed by atoms with E-state index in [0.29, 0.717) is 48.4 Å². The summed E-state index contributed by atoms with van der Waals surface area (Å²) in [5.41, 5.74) is 1.37. The summed E-state index contributed by atoms with van der Waals surface area (Å²) in [5.74, 6) is -0.113. The summed E-state index contributed by atoms with van der Waals surface area (Å²) < 4.78 is 7.11. The van der Waals surface area contributed by atoms with Gasteiger partial charge in [0.25, 0.3) is 0 Å². The molecule has 0 unspecified atom stereocenters. The lowest BCUT2D eigenvalue weighted by molar-refractivity contribution is -0.132. The van der Waals surface area contributed by atoms with Gasteiger partial charge in [0.05, 0.1) is 22.3 Å². The molecule has 1 aromatic carbocycles. The largest absolute Gasteiger partial charge is 0.385 e. The van der Waals surface area contributed by atoms with Crippen molar-refractivity contribution >= 4 is 40.8 Å². The van der Waals surface area contributed by atoms with Gasteiger partial charge in [0.15, 0.2) is 0 Å². The van der Waals surface area contributed by atoms with Gasteiger partial charge in [-0.25, -0.2) is 4.79 Å². The van der Waals surface area contributed by atoms with E-state index in [9.17, 15) is 9.59 Å². The Morgan fingerprint density at radius 2 is 1.75 bits per heavy atom. The number of urea groups is 1. The number of para-hydroxylation sites is 1. The van der Waals surface area contributed by atoms with Crippen molar-refractivity contribution in [2.24, 2.45) is 7.05 Å². The molecule has 0 aliphatic rings. The Hall–Kier alpha value is -2.22. The fourth-order valence-corrected chi connectivity index (χ4v) is 3.71. The van der Waals surface area contributed by atoms with Crippen molar-refractivity contribution in [3.63, 3.8) is 0 Å². The highest BCUT2D eigenvalue weighted by molar-refractivity contribution is 6.39. The first-order valence-corrected chi connectivity index (χ1v) is 11.5. The van der Waals surface area contributed by atoms with Crippen LogP contribution in [0.25, 0.3) is 0 Å². The number of aryl methyl sites for hydroxylation is 1. The van der Waals surface area contributed by atoms with Gasteiger partial charge in [0.1, 0.15) is 6.54 Å². The second kappa shape index (κ2) is 13.4. The van der Waals surface area contributed by atoms with Gasteiger partial charge in [0, 0.05) is 45.7 Å². The van der Waals surface area contributed by atoms with Gasteiger partial charge in [-0.3, -0.25) is 4.79 Å². The SMILES string of the molecule is CCCCN(Cc1cccn1C)C(=O)CN(CCCOC)C(=O)Nc1c(Cl)cccc1Cl. The third-order valence-electron chi connectivity index (χ3n) is 5.12. The summed E-state index contributed by atoms with van der Waals surface area (Å²) in [6.07, 6.45) is 4.41. The maximum Gasteiger partial charge on any atom is 0.322 e. The van der Waals surface area contributed by atoms with Crippen LogP contribution in [0.15, 0.2) is 36.5 Å². The minimum Gasteiger partial charge on any atom is -0.385 e. The van der Waals surface area contributed by atoms with Gasteiger partial charge in [-0.1, -0.05) is 42.6 Å². The molecule has 2 rings (SSSR count). The number of methoxy groups -OCH3 is 1. The number of nitrogens with zero attached hydrogens (tertiary/aromatic N) is 3. The average Bonchev–Trinajstić information content (AvgIpc) is 3.17. The fourth-order valence-electron chi connectivity index (χ4n) is 3.22. The zero-order valence-corrected chi connectivity index (χ0v) is 20.5. The van der Waals surface area contributed by atoms with Crippen LogP contribution in [0.5, 0.6) is 0 Å². The molecule has 0 fully saturated rings. The van der Waals surface area contributed by atoms with Crippen LogP contribution in [-0.2, 0) is 23.1 Å². The molecule has 9 heteroatoms. The Labute approximate surface area is 200 Å². The minimum absolute atomic E-state index is 0.0498. The Kier molecular flexibility index (Phi) is 10.9. The van der Waals surface area contributed by atoms with Crippen LogP contribution < -0.4 is 5.32 Å². The summed E-state index contributed by atoms with van der Waals surface area (Å²) in [6.45, 7) is 4.00. The summed E-state index contributed by atoms with van der Waals surface area (Å²) in [6, 6.07) is 8.52. The van der Waals surface area contributed by atoms with E-state index in [1.807, 2.05) is 29.9 Å². The van der Waals surface area contributed by atoms with Crippen molar-refractivity contribution in [1.82, 2.24) is 14.4 Å². The smallest absolute Gasteiger partial charge is 0.322 e. The monoisotopic (exact) mass is 482 g/mol. The number of benzene rings is 1. The third-order valence-corrected chi connectivity index (χ3v) is 5.75. The highest BCUT2D eigenvalue weighted by Crippen LogP contribution is 2.30. The zero-order valence-electron chi connectivity index (χ0n) is 18.9. The quantitative estimate of drug-likeness (QED) is 0.431. The van der Waals surface area contributed by atoms with Gasteiger partial charge in [-0.2, -0.15) is 0 Å². The molecule has 0 bridgehead atoms. The highest BCUT2D eigenvalue weighted by Gasteiger charge is 2.23. The highest BCUT2D eigenvalue weighted by atomic mass is 35.5. The standard InChI is InChI=1S/C23H32Cl2N4O3/c1-4-5-13-28(16-18-9-7-12-27(18)2)21(30)17-29(14-8-15-32-3)23(31)26-22-19(24)10-6-11-20(22)25/h6-7,9-12H,4-5,8,13-17H2,1-3H3,(H,26,31). The van der Waals surface area contributed by atoms with Crippen molar-refractivity contribution < 1.29 is 14.3 Å². The van der Waals surface area contributed by atoms with E-state index >= 15 is 0 Å². The molecule has 2 aromatic rings. The number of unbranched alkanes of at least 4 members (excludes halogenated alkanes) is 1. The van der Waals surface area contributed by atoms with Crippen molar-refractivity contribution in [2.75, 3.05) is 38.7 Å². The third kappa shape index (κ3) is 7.73. The molecule has 0 aliphatic heterocycles. The van der Waals surface area contributed by atoms with Crippen molar-refractivity contribution in [2.45, 2.75) is 32.7 Å². The van der Waals surface area contributed by atoms with E-state index in [1.54, 1.807) is 30.2 Å². The second-order valence-corrected chi connectivity index (χ2v) is 8.39. The van der Waals surface area contributed by atoms with Gasteiger partial charge < -0.3 is 24.4 Å². The van der Waals surface area contributed by atoms with E-state index in [-0.39, 0.29) is 12.5 Å².